The van der Waals surface area contributed by atoms with Crippen molar-refractivity contribution >= 4 is 82.6 Å². The van der Waals surface area contributed by atoms with Crippen molar-refractivity contribution in [2.24, 2.45) is 0 Å². The minimum atomic E-state index is 0.864. The molecule has 0 fully saturated rings. The first-order valence-corrected chi connectivity index (χ1v) is 15.1. The van der Waals surface area contributed by atoms with Gasteiger partial charge < -0.3 is 9.32 Å². The summed E-state index contributed by atoms with van der Waals surface area (Å²) in [6.45, 7) is 3.98. The molecular weight excluding hydrogens is 590 g/mol. The maximum atomic E-state index is 6.70. The summed E-state index contributed by atoms with van der Waals surface area (Å²) in [4.78, 5) is 2.38. The minimum absolute atomic E-state index is 0.864. The molecule has 0 atom stereocenters. The van der Waals surface area contributed by atoms with Gasteiger partial charge >= 0.3 is 0 Å². The van der Waals surface area contributed by atoms with Gasteiger partial charge in [-0.05, 0) is 58.1 Å². The van der Waals surface area contributed by atoms with Crippen LogP contribution in [-0.4, -0.2) is 0 Å². The minimum Gasteiger partial charge on any atom is -0.455 e. The second-order valence-corrected chi connectivity index (χ2v) is 11.5. The predicted octanol–water partition coefficient (Wildman–Crippen LogP) is 12.4. The number of halogens is 1. The molecule has 0 saturated heterocycles. The zero-order chi connectivity index (χ0) is 28.9. The summed E-state index contributed by atoms with van der Waals surface area (Å²) in [6.07, 6.45) is 1.88. The zero-order valence-corrected chi connectivity index (χ0v) is 24.9. The van der Waals surface area contributed by atoms with E-state index in [9.17, 15) is 0 Å². The van der Waals surface area contributed by atoms with E-state index in [1.807, 2.05) is 18.2 Å². The van der Waals surface area contributed by atoms with Crippen LogP contribution in [0.5, 0.6) is 0 Å². The van der Waals surface area contributed by atoms with E-state index in [-0.39, 0.29) is 0 Å². The van der Waals surface area contributed by atoms with Crippen LogP contribution in [0.2, 0.25) is 0 Å². The number of furan rings is 1. The van der Waals surface area contributed by atoms with E-state index < -0.39 is 0 Å². The maximum Gasteiger partial charge on any atom is 0.143 e. The molecule has 1 heterocycles. The lowest BCUT2D eigenvalue weighted by Crippen LogP contribution is -2.12. The van der Waals surface area contributed by atoms with Crippen molar-refractivity contribution in [2.45, 2.75) is 0 Å². The van der Waals surface area contributed by atoms with Crippen molar-refractivity contribution < 1.29 is 4.42 Å². The zero-order valence-electron chi connectivity index (χ0n) is 23.3. The van der Waals surface area contributed by atoms with Crippen LogP contribution in [0.1, 0.15) is 5.56 Å². The predicted molar refractivity (Wildman–Crippen MR) is 187 cm³/mol. The Morgan fingerprint density at radius 3 is 1.91 bits per heavy atom. The number of nitrogens with zero attached hydrogens (tertiary/aromatic N) is 1. The van der Waals surface area contributed by atoms with E-state index in [2.05, 4.69) is 155 Å². The molecule has 0 amide bonds. The van der Waals surface area contributed by atoms with Gasteiger partial charge in [0.1, 0.15) is 11.2 Å². The van der Waals surface area contributed by atoms with Gasteiger partial charge in [0.2, 0.25) is 0 Å². The number of benzene rings is 7. The maximum absolute atomic E-state index is 6.70. The van der Waals surface area contributed by atoms with E-state index in [0.29, 0.717) is 0 Å². The highest BCUT2D eigenvalue weighted by atomic mass is 79.9. The van der Waals surface area contributed by atoms with Crippen molar-refractivity contribution in [1.82, 2.24) is 0 Å². The Hall–Kier alpha value is -5.12. The number of para-hydroxylation sites is 2. The molecule has 43 heavy (non-hydrogen) atoms. The standard InChI is InChI=1S/C40H26BrNO/c1-2-26-22-24-28(25-23-26)42(27-12-4-3-5-13-27)39-32-17-9-7-15-30(32)29-14-6-8-16-31(29)37(39)33-18-10-19-34-38-35(41)20-11-21-36(38)43-40(33)34/h2-25H,1H2. The normalized spacial score (nSPS) is 11.5. The molecule has 3 heteroatoms. The quantitative estimate of drug-likeness (QED) is 0.179. The van der Waals surface area contributed by atoms with Crippen molar-refractivity contribution in [3.63, 3.8) is 0 Å². The largest absolute Gasteiger partial charge is 0.455 e. The fraction of sp³-hybridized carbons (Fsp3) is 0. The lowest BCUT2D eigenvalue weighted by Gasteiger charge is -2.30. The Bertz CT molecular complexity index is 2320. The molecule has 0 N–H and O–H groups in total. The number of rotatable bonds is 5. The van der Waals surface area contributed by atoms with Crippen LogP contribution < -0.4 is 4.90 Å². The van der Waals surface area contributed by atoms with Gasteiger partial charge in [0, 0.05) is 43.1 Å². The first-order valence-electron chi connectivity index (χ1n) is 14.3. The van der Waals surface area contributed by atoms with Crippen LogP contribution in [0.3, 0.4) is 0 Å². The van der Waals surface area contributed by atoms with Crippen molar-refractivity contribution in [3.05, 3.63) is 156 Å². The van der Waals surface area contributed by atoms with Crippen LogP contribution in [0.25, 0.3) is 60.7 Å². The molecule has 0 bridgehead atoms. The molecule has 0 radical (unpaired) electrons. The molecule has 1 aromatic heterocycles. The van der Waals surface area contributed by atoms with E-state index in [0.717, 1.165) is 60.2 Å². The van der Waals surface area contributed by atoms with Gasteiger partial charge in [-0.3, -0.25) is 0 Å². The summed E-state index contributed by atoms with van der Waals surface area (Å²) < 4.78 is 7.72. The van der Waals surface area contributed by atoms with Gasteiger partial charge in [-0.15, -0.1) is 0 Å². The Kier molecular flexibility index (Phi) is 6.13. The summed E-state index contributed by atoms with van der Waals surface area (Å²) in [6, 6.07) is 49.3. The highest BCUT2D eigenvalue weighted by Crippen LogP contribution is 2.51. The summed E-state index contributed by atoms with van der Waals surface area (Å²) in [5.41, 5.74) is 8.27. The lowest BCUT2D eigenvalue weighted by molar-refractivity contribution is 0.670. The van der Waals surface area contributed by atoms with E-state index >= 15 is 0 Å². The van der Waals surface area contributed by atoms with Crippen LogP contribution in [-0.2, 0) is 0 Å². The van der Waals surface area contributed by atoms with Gasteiger partial charge in [-0.25, -0.2) is 0 Å². The van der Waals surface area contributed by atoms with Gasteiger partial charge in [0.05, 0.1) is 5.69 Å². The third-order valence-electron chi connectivity index (χ3n) is 8.27. The molecule has 2 nitrogen and oxygen atoms in total. The SMILES string of the molecule is C=Cc1ccc(N(c2ccccc2)c2c(-c3cccc4c3oc3cccc(Br)c34)c3ccccc3c3ccccc23)cc1. The van der Waals surface area contributed by atoms with Gasteiger partial charge in [0.25, 0.3) is 0 Å². The topological polar surface area (TPSA) is 16.4 Å². The molecule has 0 aliphatic carbocycles. The van der Waals surface area contributed by atoms with Crippen LogP contribution in [0.15, 0.2) is 155 Å². The Balaban J connectivity index is 1.58. The monoisotopic (exact) mass is 615 g/mol. The highest BCUT2D eigenvalue weighted by molar-refractivity contribution is 9.10. The molecular formula is C40H26BrNO. The summed E-state index contributed by atoms with van der Waals surface area (Å²) >= 11 is 3.79. The fourth-order valence-corrected chi connectivity index (χ4v) is 6.93. The first kappa shape index (κ1) is 25.6. The molecule has 0 spiro atoms. The third-order valence-corrected chi connectivity index (χ3v) is 8.93. The number of hydrogen-bond donors (Lipinski definition) is 0. The molecule has 8 rings (SSSR count). The molecule has 204 valence electrons. The third kappa shape index (κ3) is 4.08. The van der Waals surface area contributed by atoms with Crippen LogP contribution >= 0.6 is 15.9 Å². The smallest absolute Gasteiger partial charge is 0.143 e. The molecule has 0 unspecified atom stereocenters. The highest BCUT2D eigenvalue weighted by Gasteiger charge is 2.25. The number of hydrogen-bond acceptors (Lipinski definition) is 2. The van der Waals surface area contributed by atoms with E-state index in [1.54, 1.807) is 0 Å². The molecule has 7 aromatic carbocycles. The molecule has 0 aliphatic rings. The second kappa shape index (κ2) is 10.3. The summed E-state index contributed by atoms with van der Waals surface area (Å²) in [5.74, 6) is 0. The molecule has 0 aliphatic heterocycles. The summed E-state index contributed by atoms with van der Waals surface area (Å²) in [7, 11) is 0. The number of fused-ring (bicyclic) bond motifs is 6. The van der Waals surface area contributed by atoms with Crippen molar-refractivity contribution in [3.8, 4) is 11.1 Å². The number of anilines is 3. The van der Waals surface area contributed by atoms with Gasteiger partial charge in [-0.2, -0.15) is 0 Å². The van der Waals surface area contributed by atoms with Crippen LogP contribution in [0, 0.1) is 0 Å². The van der Waals surface area contributed by atoms with E-state index in [1.165, 1.54) is 21.5 Å². The fourth-order valence-electron chi connectivity index (χ4n) is 6.37. The average molecular weight is 617 g/mol. The van der Waals surface area contributed by atoms with Crippen molar-refractivity contribution in [2.75, 3.05) is 4.90 Å². The Labute approximate surface area is 258 Å². The molecule has 8 aromatic rings. The first-order chi connectivity index (χ1) is 21.2. The second-order valence-electron chi connectivity index (χ2n) is 10.7. The summed E-state index contributed by atoms with van der Waals surface area (Å²) in [5, 5.41) is 6.94. The Morgan fingerprint density at radius 2 is 1.16 bits per heavy atom. The Morgan fingerprint density at radius 1 is 0.558 bits per heavy atom. The van der Waals surface area contributed by atoms with Gasteiger partial charge in [0.15, 0.2) is 0 Å². The van der Waals surface area contributed by atoms with Gasteiger partial charge in [-0.1, -0.05) is 132 Å². The average Bonchev–Trinajstić information content (AvgIpc) is 3.46. The van der Waals surface area contributed by atoms with Crippen molar-refractivity contribution in [1.29, 1.82) is 0 Å². The van der Waals surface area contributed by atoms with E-state index in [4.69, 9.17) is 4.42 Å². The lowest BCUT2D eigenvalue weighted by atomic mass is 9.89. The molecule has 0 saturated carbocycles. The van der Waals surface area contributed by atoms with Crippen LogP contribution in [0.4, 0.5) is 17.1 Å².